The minimum absolute atomic E-state index is 0.0305. The third-order valence-corrected chi connectivity index (χ3v) is 2.30. The third kappa shape index (κ3) is 4.03. The van der Waals surface area contributed by atoms with E-state index >= 15 is 0 Å². The molecule has 0 heterocycles. The zero-order valence-electron chi connectivity index (χ0n) is 10.00. The Kier molecular flexibility index (Phi) is 4.90. The van der Waals surface area contributed by atoms with Crippen molar-refractivity contribution in [2.75, 3.05) is 13.7 Å². The molecule has 0 spiro atoms. The highest BCUT2D eigenvalue weighted by Gasteiger charge is 2.09. The zero-order chi connectivity index (χ0) is 12.8. The van der Waals surface area contributed by atoms with E-state index in [2.05, 4.69) is 5.32 Å². The highest BCUT2D eigenvalue weighted by atomic mass is 19.1. The Balaban J connectivity index is 2.60. The summed E-state index contributed by atoms with van der Waals surface area (Å²) in [4.78, 5) is 11.6. The van der Waals surface area contributed by atoms with E-state index in [9.17, 15) is 9.18 Å². The van der Waals surface area contributed by atoms with Gasteiger partial charge in [0.15, 0.2) is 11.6 Å². The molecule has 0 saturated heterocycles. The largest absolute Gasteiger partial charge is 0.494 e. The van der Waals surface area contributed by atoms with Gasteiger partial charge in [0.05, 0.1) is 7.11 Å². The molecular formula is C12H17FN2O2. The Labute approximate surface area is 100.0 Å². The summed E-state index contributed by atoms with van der Waals surface area (Å²) in [6.07, 6.45) is 0.685. The summed E-state index contributed by atoms with van der Waals surface area (Å²) in [5.41, 5.74) is 5.82. The van der Waals surface area contributed by atoms with Gasteiger partial charge in [0.1, 0.15) is 0 Å². The molecule has 0 saturated carbocycles. The number of hydrogen-bond acceptors (Lipinski definition) is 3. The van der Waals surface area contributed by atoms with Crippen molar-refractivity contribution >= 4 is 5.91 Å². The van der Waals surface area contributed by atoms with Crippen LogP contribution in [0, 0.1) is 5.82 Å². The molecule has 17 heavy (non-hydrogen) atoms. The average molecular weight is 240 g/mol. The fourth-order valence-electron chi connectivity index (χ4n) is 1.32. The van der Waals surface area contributed by atoms with E-state index in [1.54, 1.807) is 0 Å². The summed E-state index contributed by atoms with van der Waals surface area (Å²) in [6, 6.07) is 4.13. The number of benzene rings is 1. The van der Waals surface area contributed by atoms with Gasteiger partial charge in [-0.05, 0) is 31.5 Å². The van der Waals surface area contributed by atoms with Crippen LogP contribution < -0.4 is 15.8 Å². The molecule has 0 aliphatic carbocycles. The molecular weight excluding hydrogens is 223 g/mol. The second-order valence-corrected chi connectivity index (χ2v) is 3.87. The van der Waals surface area contributed by atoms with Crippen LogP contribution in [0.3, 0.4) is 0 Å². The topological polar surface area (TPSA) is 64.3 Å². The first-order valence-electron chi connectivity index (χ1n) is 5.42. The molecule has 1 unspecified atom stereocenters. The highest BCUT2D eigenvalue weighted by Crippen LogP contribution is 2.17. The maximum absolute atomic E-state index is 13.3. The lowest BCUT2D eigenvalue weighted by Crippen LogP contribution is -2.28. The summed E-state index contributed by atoms with van der Waals surface area (Å²) in [5.74, 6) is -0.739. The number of ether oxygens (including phenoxy) is 1. The fourth-order valence-corrected chi connectivity index (χ4v) is 1.32. The summed E-state index contributed by atoms with van der Waals surface area (Å²) < 4.78 is 18.1. The molecule has 0 aliphatic heterocycles. The number of carbonyl (C=O) groups is 1. The summed E-state index contributed by atoms with van der Waals surface area (Å²) in [7, 11) is 1.38. The first-order valence-corrected chi connectivity index (χ1v) is 5.42. The highest BCUT2D eigenvalue weighted by molar-refractivity contribution is 5.94. The van der Waals surface area contributed by atoms with Gasteiger partial charge in [-0.1, -0.05) is 0 Å². The van der Waals surface area contributed by atoms with Crippen LogP contribution in [0.25, 0.3) is 0 Å². The van der Waals surface area contributed by atoms with Gasteiger partial charge in [0.2, 0.25) is 0 Å². The van der Waals surface area contributed by atoms with E-state index in [0.717, 1.165) is 6.07 Å². The Morgan fingerprint density at radius 3 is 2.82 bits per heavy atom. The van der Waals surface area contributed by atoms with Crippen molar-refractivity contribution in [3.05, 3.63) is 29.6 Å². The smallest absolute Gasteiger partial charge is 0.251 e. The van der Waals surface area contributed by atoms with Crippen LogP contribution in [0.2, 0.25) is 0 Å². The molecule has 0 aromatic heterocycles. The van der Waals surface area contributed by atoms with Crippen molar-refractivity contribution in [3.8, 4) is 5.75 Å². The van der Waals surface area contributed by atoms with Crippen LogP contribution in [0.15, 0.2) is 18.2 Å². The molecule has 94 valence electrons. The summed E-state index contributed by atoms with van der Waals surface area (Å²) >= 11 is 0. The van der Waals surface area contributed by atoms with E-state index in [4.69, 9.17) is 10.5 Å². The van der Waals surface area contributed by atoms with Gasteiger partial charge in [0, 0.05) is 18.2 Å². The van der Waals surface area contributed by atoms with Crippen molar-refractivity contribution in [1.29, 1.82) is 0 Å². The number of nitrogens with two attached hydrogens (primary N) is 1. The van der Waals surface area contributed by atoms with Crippen LogP contribution in [-0.4, -0.2) is 25.6 Å². The van der Waals surface area contributed by atoms with Crippen molar-refractivity contribution in [2.45, 2.75) is 19.4 Å². The maximum Gasteiger partial charge on any atom is 0.251 e. The number of rotatable bonds is 5. The quantitative estimate of drug-likeness (QED) is 0.815. The molecule has 1 amide bonds. The van der Waals surface area contributed by atoms with E-state index < -0.39 is 5.82 Å². The second kappa shape index (κ2) is 6.20. The van der Waals surface area contributed by atoms with Gasteiger partial charge in [-0.25, -0.2) is 4.39 Å². The Morgan fingerprint density at radius 2 is 2.29 bits per heavy atom. The Bertz CT molecular complexity index is 394. The number of hydrogen-bond donors (Lipinski definition) is 2. The number of nitrogens with one attached hydrogen (secondary N) is 1. The summed E-state index contributed by atoms with van der Waals surface area (Å²) in [6.45, 7) is 2.34. The normalized spacial score (nSPS) is 12.0. The third-order valence-electron chi connectivity index (χ3n) is 2.30. The van der Waals surface area contributed by atoms with Crippen molar-refractivity contribution < 1.29 is 13.9 Å². The van der Waals surface area contributed by atoms with Crippen LogP contribution >= 0.6 is 0 Å². The maximum atomic E-state index is 13.3. The van der Waals surface area contributed by atoms with E-state index in [-0.39, 0.29) is 23.3 Å². The predicted octanol–water partition coefficient (Wildman–Crippen LogP) is 1.30. The molecule has 1 aromatic carbocycles. The molecule has 1 atom stereocenters. The number of methoxy groups -OCH3 is 1. The van der Waals surface area contributed by atoms with Crippen LogP contribution in [0.5, 0.6) is 5.75 Å². The zero-order valence-corrected chi connectivity index (χ0v) is 10.00. The van der Waals surface area contributed by atoms with Gasteiger partial charge in [-0.3, -0.25) is 4.79 Å². The molecule has 4 nitrogen and oxygen atoms in total. The number of amides is 1. The van der Waals surface area contributed by atoms with E-state index in [1.807, 2.05) is 6.92 Å². The molecule has 0 radical (unpaired) electrons. The SMILES string of the molecule is COc1ccc(C(=O)NCCC(C)N)cc1F. The van der Waals surface area contributed by atoms with Gasteiger partial charge in [-0.2, -0.15) is 0 Å². The van der Waals surface area contributed by atoms with Crippen molar-refractivity contribution in [1.82, 2.24) is 5.32 Å². The first-order chi connectivity index (χ1) is 8.04. The molecule has 5 heteroatoms. The van der Waals surface area contributed by atoms with E-state index in [0.29, 0.717) is 13.0 Å². The number of carbonyl (C=O) groups excluding carboxylic acids is 1. The Hall–Kier alpha value is -1.62. The molecule has 3 N–H and O–H groups in total. The minimum Gasteiger partial charge on any atom is -0.494 e. The lowest BCUT2D eigenvalue weighted by atomic mass is 10.2. The van der Waals surface area contributed by atoms with Crippen LogP contribution in [0.1, 0.15) is 23.7 Å². The molecule has 0 bridgehead atoms. The van der Waals surface area contributed by atoms with E-state index in [1.165, 1.54) is 19.2 Å². The van der Waals surface area contributed by atoms with Crippen molar-refractivity contribution in [2.24, 2.45) is 5.73 Å². The molecule has 0 aliphatic rings. The van der Waals surface area contributed by atoms with Crippen LogP contribution in [0.4, 0.5) is 4.39 Å². The summed E-state index contributed by atoms with van der Waals surface area (Å²) in [5, 5.41) is 2.67. The lowest BCUT2D eigenvalue weighted by Gasteiger charge is -2.08. The molecule has 1 rings (SSSR count). The van der Waals surface area contributed by atoms with Gasteiger partial charge < -0.3 is 15.8 Å². The predicted molar refractivity (Wildman–Crippen MR) is 63.6 cm³/mol. The number of halogens is 1. The lowest BCUT2D eigenvalue weighted by molar-refractivity contribution is 0.0952. The Morgan fingerprint density at radius 1 is 1.59 bits per heavy atom. The average Bonchev–Trinajstić information content (AvgIpc) is 2.28. The molecule has 0 fully saturated rings. The second-order valence-electron chi connectivity index (χ2n) is 3.87. The standard InChI is InChI=1S/C12H17FN2O2/c1-8(14)5-6-15-12(16)9-3-4-11(17-2)10(13)7-9/h3-4,7-8H,5-6,14H2,1-2H3,(H,15,16). The monoisotopic (exact) mass is 240 g/mol. The first kappa shape index (κ1) is 13.4. The van der Waals surface area contributed by atoms with Gasteiger partial charge >= 0.3 is 0 Å². The molecule has 1 aromatic rings. The fraction of sp³-hybridized carbons (Fsp3) is 0.417. The van der Waals surface area contributed by atoms with Crippen molar-refractivity contribution in [3.63, 3.8) is 0 Å². The van der Waals surface area contributed by atoms with Gasteiger partial charge in [0.25, 0.3) is 5.91 Å². The van der Waals surface area contributed by atoms with Gasteiger partial charge in [-0.15, -0.1) is 0 Å². The van der Waals surface area contributed by atoms with Crippen LogP contribution in [-0.2, 0) is 0 Å². The minimum atomic E-state index is -0.549.